The van der Waals surface area contributed by atoms with Gasteiger partial charge in [0, 0.05) is 10.4 Å². The fraction of sp³-hybridized carbons (Fsp3) is 0. The lowest BCUT2D eigenvalue weighted by Crippen LogP contribution is -2.11. The largest absolute Gasteiger partial charge is 0.388 e. The molecule has 0 spiro atoms. The molecular weight excluding hydrogens is 251 g/mol. The Bertz CT molecular complexity index is 554. The highest BCUT2D eigenvalue weighted by atomic mass is 35.5. The summed E-state index contributed by atoms with van der Waals surface area (Å²) in [5, 5.41) is 1.95. The number of halogens is 2. The fourth-order valence-corrected chi connectivity index (χ4v) is 1.95. The summed E-state index contributed by atoms with van der Waals surface area (Å²) in [6.45, 7) is 0. The third-order valence-corrected chi connectivity index (χ3v) is 2.71. The molecule has 0 aliphatic carbocycles. The highest BCUT2D eigenvalue weighted by Crippen LogP contribution is 2.26. The predicted octanol–water partition coefficient (Wildman–Crippen LogP) is 3.18. The minimum atomic E-state index is 0.257. The first-order chi connectivity index (χ1) is 7.08. The summed E-state index contributed by atoms with van der Waals surface area (Å²) in [6, 6.07) is 6.97. The molecule has 0 amide bonds. The molecule has 2 aromatic rings. The summed E-state index contributed by atoms with van der Waals surface area (Å²) in [7, 11) is 0. The minimum absolute atomic E-state index is 0.257. The summed E-state index contributed by atoms with van der Waals surface area (Å²) in [6.07, 6.45) is 0. The Hall–Kier alpha value is -0.900. The Balaban J connectivity index is 2.76. The molecule has 2 nitrogen and oxygen atoms in total. The summed E-state index contributed by atoms with van der Waals surface area (Å²) < 4.78 is 0. The molecule has 2 N–H and O–H groups in total. The second kappa shape index (κ2) is 3.93. The van der Waals surface area contributed by atoms with Crippen LogP contribution in [0.2, 0.25) is 10.0 Å². The molecule has 0 aliphatic heterocycles. The molecule has 0 fully saturated rings. The molecule has 0 unspecified atom stereocenters. The Kier molecular flexibility index (Phi) is 2.78. The van der Waals surface area contributed by atoms with E-state index >= 15 is 0 Å². The number of aromatic nitrogens is 1. The molecule has 2 rings (SSSR count). The number of fused-ring (bicyclic) bond motifs is 1. The molecule has 5 heteroatoms. The van der Waals surface area contributed by atoms with Crippen LogP contribution in [0.5, 0.6) is 0 Å². The van der Waals surface area contributed by atoms with E-state index in [-0.39, 0.29) is 4.99 Å². The lowest BCUT2D eigenvalue weighted by Gasteiger charge is -2.03. The van der Waals surface area contributed by atoms with Crippen LogP contribution in [0.3, 0.4) is 0 Å². The van der Waals surface area contributed by atoms with E-state index in [1.54, 1.807) is 18.2 Å². The van der Waals surface area contributed by atoms with Crippen LogP contribution in [-0.4, -0.2) is 9.97 Å². The lowest BCUT2D eigenvalue weighted by atomic mass is 10.2. The van der Waals surface area contributed by atoms with Gasteiger partial charge >= 0.3 is 0 Å². The van der Waals surface area contributed by atoms with Gasteiger partial charge in [0.15, 0.2) is 0 Å². The van der Waals surface area contributed by atoms with Crippen molar-refractivity contribution in [2.45, 2.75) is 0 Å². The van der Waals surface area contributed by atoms with E-state index < -0.39 is 0 Å². The van der Waals surface area contributed by atoms with Crippen molar-refractivity contribution in [1.29, 1.82) is 0 Å². The smallest absolute Gasteiger partial charge is 0.122 e. The maximum Gasteiger partial charge on any atom is 0.122 e. The van der Waals surface area contributed by atoms with Crippen molar-refractivity contribution in [2.24, 2.45) is 5.73 Å². The Labute approximate surface area is 102 Å². The molecule has 0 atom stereocenters. The molecular formula is C10H6Cl2N2S. The first-order valence-corrected chi connectivity index (χ1v) is 5.30. The molecule has 1 heterocycles. The number of pyridine rings is 1. The maximum absolute atomic E-state index is 6.01. The molecule has 0 saturated carbocycles. The third-order valence-electron chi connectivity index (χ3n) is 1.97. The number of hydrogen-bond donors (Lipinski definition) is 1. The van der Waals surface area contributed by atoms with E-state index in [9.17, 15) is 0 Å². The van der Waals surface area contributed by atoms with Gasteiger partial charge in [0.1, 0.15) is 4.99 Å². The van der Waals surface area contributed by atoms with Crippen LogP contribution in [0.25, 0.3) is 10.9 Å². The van der Waals surface area contributed by atoms with E-state index in [2.05, 4.69) is 4.98 Å². The van der Waals surface area contributed by atoms with E-state index in [1.165, 1.54) is 0 Å². The van der Waals surface area contributed by atoms with Gasteiger partial charge in [-0.05, 0) is 24.3 Å². The van der Waals surface area contributed by atoms with Gasteiger partial charge in [-0.3, -0.25) is 0 Å². The van der Waals surface area contributed by atoms with Gasteiger partial charge in [-0.2, -0.15) is 0 Å². The highest BCUT2D eigenvalue weighted by molar-refractivity contribution is 7.80. The number of nitrogens with zero attached hydrogens (tertiary/aromatic N) is 1. The first kappa shape index (κ1) is 10.6. The first-order valence-electron chi connectivity index (χ1n) is 4.13. The maximum atomic E-state index is 6.01. The van der Waals surface area contributed by atoms with Crippen LogP contribution >= 0.6 is 35.4 Å². The predicted molar refractivity (Wildman–Crippen MR) is 67.7 cm³/mol. The average Bonchev–Trinajstić information content (AvgIpc) is 2.16. The molecule has 1 aromatic carbocycles. The van der Waals surface area contributed by atoms with E-state index in [1.807, 2.05) is 6.07 Å². The van der Waals surface area contributed by atoms with Gasteiger partial charge in [-0.15, -0.1) is 0 Å². The van der Waals surface area contributed by atoms with Crippen LogP contribution in [0.4, 0.5) is 0 Å². The van der Waals surface area contributed by atoms with Crippen molar-refractivity contribution >= 4 is 51.3 Å². The topological polar surface area (TPSA) is 38.9 Å². The van der Waals surface area contributed by atoms with Crippen molar-refractivity contribution < 1.29 is 0 Å². The van der Waals surface area contributed by atoms with Crippen LogP contribution in [0, 0.1) is 0 Å². The second-order valence-electron chi connectivity index (χ2n) is 3.02. The van der Waals surface area contributed by atoms with Gasteiger partial charge in [0.2, 0.25) is 0 Å². The Morgan fingerprint density at radius 3 is 2.67 bits per heavy atom. The summed E-state index contributed by atoms with van der Waals surface area (Å²) in [4.78, 5) is 4.52. The van der Waals surface area contributed by atoms with Gasteiger partial charge in [-0.25, -0.2) is 4.98 Å². The van der Waals surface area contributed by atoms with Crippen molar-refractivity contribution in [3.63, 3.8) is 0 Å². The van der Waals surface area contributed by atoms with Crippen molar-refractivity contribution in [2.75, 3.05) is 0 Å². The third kappa shape index (κ3) is 2.04. The molecule has 15 heavy (non-hydrogen) atoms. The standard InChI is InChI=1S/C10H6Cl2N2S/c11-5-3-7(12)6-1-2-8(10(13)15)14-9(6)4-5/h1-4H,(H2,13,15). The van der Waals surface area contributed by atoms with Crippen molar-refractivity contribution in [3.8, 4) is 0 Å². The van der Waals surface area contributed by atoms with Crippen LogP contribution < -0.4 is 5.73 Å². The van der Waals surface area contributed by atoms with Crippen LogP contribution in [0.15, 0.2) is 24.3 Å². The zero-order valence-electron chi connectivity index (χ0n) is 7.50. The number of rotatable bonds is 1. The van der Waals surface area contributed by atoms with Crippen molar-refractivity contribution in [3.05, 3.63) is 40.0 Å². The summed E-state index contributed by atoms with van der Waals surface area (Å²) in [5.74, 6) is 0. The second-order valence-corrected chi connectivity index (χ2v) is 4.30. The molecule has 0 aliphatic rings. The number of nitrogens with two attached hydrogens (primary N) is 1. The zero-order chi connectivity index (χ0) is 11.0. The monoisotopic (exact) mass is 256 g/mol. The minimum Gasteiger partial charge on any atom is -0.388 e. The molecule has 0 saturated heterocycles. The van der Waals surface area contributed by atoms with Gasteiger partial charge in [0.05, 0.1) is 16.2 Å². The van der Waals surface area contributed by atoms with E-state index in [0.29, 0.717) is 21.3 Å². The average molecular weight is 257 g/mol. The number of thiocarbonyl (C=S) groups is 1. The van der Waals surface area contributed by atoms with Crippen LogP contribution in [0.1, 0.15) is 5.69 Å². The summed E-state index contributed by atoms with van der Waals surface area (Å²) in [5.41, 5.74) is 6.74. The van der Waals surface area contributed by atoms with E-state index in [0.717, 1.165) is 5.39 Å². The van der Waals surface area contributed by atoms with Crippen molar-refractivity contribution in [1.82, 2.24) is 4.98 Å². The lowest BCUT2D eigenvalue weighted by molar-refractivity contribution is 1.36. The number of hydrogen-bond acceptors (Lipinski definition) is 2. The Morgan fingerprint density at radius 1 is 1.27 bits per heavy atom. The van der Waals surface area contributed by atoms with Crippen LogP contribution in [-0.2, 0) is 0 Å². The molecule has 76 valence electrons. The normalized spacial score (nSPS) is 10.5. The zero-order valence-corrected chi connectivity index (χ0v) is 9.83. The molecule has 0 radical (unpaired) electrons. The van der Waals surface area contributed by atoms with E-state index in [4.69, 9.17) is 41.2 Å². The van der Waals surface area contributed by atoms with Gasteiger partial charge in [0.25, 0.3) is 0 Å². The molecule has 1 aromatic heterocycles. The quantitative estimate of drug-likeness (QED) is 0.797. The fourth-order valence-electron chi connectivity index (χ4n) is 1.30. The Morgan fingerprint density at radius 2 is 2.00 bits per heavy atom. The van der Waals surface area contributed by atoms with Gasteiger partial charge in [-0.1, -0.05) is 35.4 Å². The SMILES string of the molecule is NC(=S)c1ccc2c(Cl)cc(Cl)cc2n1. The molecule has 0 bridgehead atoms. The summed E-state index contributed by atoms with van der Waals surface area (Å²) >= 11 is 16.7. The number of benzene rings is 1. The van der Waals surface area contributed by atoms with Gasteiger partial charge < -0.3 is 5.73 Å². The highest BCUT2D eigenvalue weighted by Gasteiger charge is 2.05.